The van der Waals surface area contributed by atoms with Crippen molar-refractivity contribution in [3.05, 3.63) is 36.5 Å². The van der Waals surface area contributed by atoms with Crippen LogP contribution in [-0.2, 0) is 0 Å². The van der Waals surface area contributed by atoms with Crippen molar-refractivity contribution < 1.29 is 9.50 Å². The third-order valence-electron chi connectivity index (χ3n) is 3.03. The van der Waals surface area contributed by atoms with Gasteiger partial charge in [0.15, 0.2) is 0 Å². The Morgan fingerprint density at radius 3 is 2.79 bits per heavy atom. The first kappa shape index (κ1) is 11.2. The smallest absolute Gasteiger partial charge is 0.143 e. The fourth-order valence-corrected chi connectivity index (χ4v) is 1.84. The van der Waals surface area contributed by atoms with Gasteiger partial charge in [-0.25, -0.2) is 4.39 Å². The summed E-state index contributed by atoms with van der Waals surface area (Å²) in [5, 5.41) is 10.0. The third kappa shape index (κ3) is 1.55. The van der Waals surface area contributed by atoms with Crippen molar-refractivity contribution in [2.24, 2.45) is 5.92 Å². The molecule has 0 saturated heterocycles. The van der Waals surface area contributed by atoms with Gasteiger partial charge in [-0.2, -0.15) is 0 Å². The Bertz CT molecular complexity index is 293. The Hall–Kier alpha value is -0.890. The number of hydrogen-bond acceptors (Lipinski definition) is 1. The number of hydrogen-bond donors (Lipinski definition) is 1. The minimum Gasteiger partial charge on any atom is -0.378 e. The highest BCUT2D eigenvalue weighted by atomic mass is 19.1. The first-order chi connectivity index (χ1) is 6.43. The van der Waals surface area contributed by atoms with Crippen molar-refractivity contribution in [3.8, 4) is 0 Å². The summed E-state index contributed by atoms with van der Waals surface area (Å²) in [6, 6.07) is 0. The maximum Gasteiger partial charge on any atom is 0.143 e. The molecule has 1 nitrogen and oxygen atoms in total. The Morgan fingerprint density at radius 2 is 2.36 bits per heavy atom. The van der Waals surface area contributed by atoms with Crippen LogP contribution in [0.15, 0.2) is 36.5 Å². The highest BCUT2D eigenvalue weighted by Crippen LogP contribution is 2.38. The highest BCUT2D eigenvalue weighted by molar-refractivity contribution is 5.31. The summed E-state index contributed by atoms with van der Waals surface area (Å²) in [4.78, 5) is 0. The van der Waals surface area contributed by atoms with Crippen molar-refractivity contribution in [2.75, 3.05) is 0 Å². The zero-order valence-corrected chi connectivity index (χ0v) is 8.76. The number of alkyl halides is 1. The average molecular weight is 196 g/mol. The lowest BCUT2D eigenvalue weighted by molar-refractivity contribution is 0.00781. The summed E-state index contributed by atoms with van der Waals surface area (Å²) in [6.45, 7) is 10.7. The molecule has 0 aromatic heterocycles. The standard InChI is InChI=1S/C12H17FO/c1-5-12(14)9(4)6-7-10(8(2)3)11(12)13/h5-6,10-11,14H,1-2,7H2,3-4H3/t10-,11-,12+/m1/s1. The minimum absolute atomic E-state index is 0.304. The average Bonchev–Trinajstić information content (AvgIpc) is 2.14. The number of allylic oxidation sites excluding steroid dienone is 2. The third-order valence-corrected chi connectivity index (χ3v) is 3.03. The van der Waals surface area contributed by atoms with E-state index in [1.807, 2.05) is 6.08 Å². The molecular formula is C12H17FO. The van der Waals surface area contributed by atoms with Crippen LogP contribution in [0, 0.1) is 5.92 Å². The van der Waals surface area contributed by atoms with Crippen molar-refractivity contribution in [3.63, 3.8) is 0 Å². The maximum atomic E-state index is 14.0. The van der Waals surface area contributed by atoms with E-state index in [0.29, 0.717) is 12.0 Å². The van der Waals surface area contributed by atoms with Crippen molar-refractivity contribution in [2.45, 2.75) is 32.0 Å². The van der Waals surface area contributed by atoms with E-state index < -0.39 is 11.8 Å². The fourth-order valence-electron chi connectivity index (χ4n) is 1.84. The first-order valence-corrected chi connectivity index (χ1v) is 4.76. The van der Waals surface area contributed by atoms with Crippen molar-refractivity contribution >= 4 is 0 Å². The lowest BCUT2D eigenvalue weighted by Gasteiger charge is -2.38. The van der Waals surface area contributed by atoms with Crippen LogP contribution < -0.4 is 0 Å². The van der Waals surface area contributed by atoms with Crippen LogP contribution in [0.2, 0.25) is 0 Å². The van der Waals surface area contributed by atoms with Gasteiger partial charge in [0.2, 0.25) is 0 Å². The fraction of sp³-hybridized carbons (Fsp3) is 0.500. The second kappa shape index (κ2) is 3.70. The molecule has 3 atom stereocenters. The molecule has 78 valence electrons. The van der Waals surface area contributed by atoms with E-state index in [0.717, 1.165) is 5.57 Å². The molecule has 1 rings (SSSR count). The van der Waals surface area contributed by atoms with Gasteiger partial charge < -0.3 is 5.11 Å². The van der Waals surface area contributed by atoms with E-state index in [1.165, 1.54) is 6.08 Å². The van der Waals surface area contributed by atoms with Crippen molar-refractivity contribution in [1.82, 2.24) is 0 Å². The van der Waals surface area contributed by atoms with Gasteiger partial charge in [-0.15, -0.1) is 0 Å². The normalized spacial score (nSPS) is 37.6. The Kier molecular flexibility index (Phi) is 2.95. The molecule has 1 N–H and O–H groups in total. The van der Waals surface area contributed by atoms with Crippen LogP contribution in [0.1, 0.15) is 20.3 Å². The number of halogens is 1. The molecule has 0 heterocycles. The quantitative estimate of drug-likeness (QED) is 0.673. The van der Waals surface area contributed by atoms with Gasteiger partial charge in [0.05, 0.1) is 0 Å². The van der Waals surface area contributed by atoms with Gasteiger partial charge in [0, 0.05) is 5.92 Å². The molecule has 0 aliphatic heterocycles. The topological polar surface area (TPSA) is 20.2 Å². The molecule has 1 aliphatic carbocycles. The molecule has 1 aliphatic rings. The van der Waals surface area contributed by atoms with Crippen LogP contribution in [0.3, 0.4) is 0 Å². The molecule has 0 unspecified atom stereocenters. The molecule has 0 radical (unpaired) electrons. The van der Waals surface area contributed by atoms with Crippen LogP contribution in [0.4, 0.5) is 4.39 Å². The molecule has 0 aromatic rings. The molecule has 0 fully saturated rings. The second-order valence-corrected chi connectivity index (χ2v) is 4.01. The summed E-state index contributed by atoms with van der Waals surface area (Å²) in [7, 11) is 0. The van der Waals surface area contributed by atoms with Crippen LogP contribution >= 0.6 is 0 Å². The first-order valence-electron chi connectivity index (χ1n) is 4.76. The number of rotatable bonds is 2. The SMILES string of the molecule is C=C[C@]1(O)C(C)=CC[C@H](C(=C)C)[C@H]1F. The predicted octanol–water partition coefficient (Wildman–Crippen LogP) is 2.78. The summed E-state index contributed by atoms with van der Waals surface area (Å²) < 4.78 is 14.0. The van der Waals surface area contributed by atoms with Gasteiger partial charge >= 0.3 is 0 Å². The van der Waals surface area contributed by atoms with E-state index >= 15 is 0 Å². The lowest BCUT2D eigenvalue weighted by atomic mass is 9.74. The molecule has 0 amide bonds. The summed E-state index contributed by atoms with van der Waals surface area (Å²) in [5.74, 6) is -0.304. The second-order valence-electron chi connectivity index (χ2n) is 4.01. The zero-order valence-electron chi connectivity index (χ0n) is 8.76. The van der Waals surface area contributed by atoms with E-state index in [2.05, 4.69) is 13.2 Å². The molecule has 2 heteroatoms. The highest BCUT2D eigenvalue weighted by Gasteiger charge is 2.43. The minimum atomic E-state index is -1.51. The van der Waals surface area contributed by atoms with Gasteiger partial charge in [0.25, 0.3) is 0 Å². The molecule has 0 spiro atoms. The molecule has 14 heavy (non-hydrogen) atoms. The van der Waals surface area contributed by atoms with Gasteiger partial charge in [-0.3, -0.25) is 0 Å². The molecule has 0 saturated carbocycles. The molecule has 0 bridgehead atoms. The van der Waals surface area contributed by atoms with E-state index in [-0.39, 0.29) is 5.92 Å². The van der Waals surface area contributed by atoms with Gasteiger partial charge in [-0.05, 0) is 25.8 Å². The maximum absolute atomic E-state index is 14.0. The Morgan fingerprint density at radius 1 is 1.79 bits per heavy atom. The lowest BCUT2D eigenvalue weighted by Crippen LogP contribution is -2.45. The van der Waals surface area contributed by atoms with Crippen LogP contribution in [0.25, 0.3) is 0 Å². The monoisotopic (exact) mass is 196 g/mol. The Balaban J connectivity index is 3.08. The summed E-state index contributed by atoms with van der Waals surface area (Å²) >= 11 is 0. The van der Waals surface area contributed by atoms with Gasteiger partial charge in [-0.1, -0.05) is 30.9 Å². The molecular weight excluding hydrogens is 179 g/mol. The Labute approximate surface area is 84.6 Å². The van der Waals surface area contributed by atoms with E-state index in [4.69, 9.17) is 0 Å². The van der Waals surface area contributed by atoms with Gasteiger partial charge in [0.1, 0.15) is 11.8 Å². The number of aliphatic hydroxyl groups is 1. The zero-order chi connectivity index (χ0) is 10.9. The summed E-state index contributed by atoms with van der Waals surface area (Å²) in [6.07, 6.45) is 2.41. The predicted molar refractivity (Wildman–Crippen MR) is 56.7 cm³/mol. The van der Waals surface area contributed by atoms with E-state index in [9.17, 15) is 9.50 Å². The van der Waals surface area contributed by atoms with Crippen molar-refractivity contribution in [1.29, 1.82) is 0 Å². The van der Waals surface area contributed by atoms with Crippen LogP contribution in [-0.4, -0.2) is 16.9 Å². The van der Waals surface area contributed by atoms with E-state index in [1.54, 1.807) is 13.8 Å². The largest absolute Gasteiger partial charge is 0.378 e. The van der Waals surface area contributed by atoms with Crippen LogP contribution in [0.5, 0.6) is 0 Å². The molecule has 0 aromatic carbocycles. The summed E-state index contributed by atoms with van der Waals surface area (Å²) in [5.41, 5.74) is -0.110.